The standard InChI is InChI=1S/C26H27N3O5S/c1-18-9-11-20(12-10-18)27-23(30)17-34-21-8-4-3-7-19(21)15-22-25(32)29(26(33)35-22)16-24(31)28-13-5-2-6-14-28/h3-4,7-12,15H,2,5-6,13-14,16-17H2,1H3,(H,27,30)/b22-15-. The zero-order chi connectivity index (χ0) is 24.8. The Bertz CT molecular complexity index is 1160. The van der Waals surface area contributed by atoms with Crippen molar-refractivity contribution < 1.29 is 23.9 Å². The first-order chi connectivity index (χ1) is 16.9. The van der Waals surface area contributed by atoms with Crippen molar-refractivity contribution >= 4 is 46.5 Å². The fourth-order valence-electron chi connectivity index (χ4n) is 3.86. The molecule has 0 aliphatic carbocycles. The number of nitrogens with zero attached hydrogens (tertiary/aromatic N) is 2. The lowest BCUT2D eigenvalue weighted by molar-refractivity contribution is -0.136. The van der Waals surface area contributed by atoms with E-state index in [0.717, 1.165) is 41.5 Å². The second-order valence-corrected chi connectivity index (χ2v) is 9.44. The Kier molecular flexibility index (Phi) is 7.87. The van der Waals surface area contributed by atoms with Gasteiger partial charge in [-0.2, -0.15) is 0 Å². The number of nitrogens with one attached hydrogen (secondary N) is 1. The van der Waals surface area contributed by atoms with Gasteiger partial charge >= 0.3 is 0 Å². The van der Waals surface area contributed by atoms with Crippen molar-refractivity contribution in [3.63, 3.8) is 0 Å². The summed E-state index contributed by atoms with van der Waals surface area (Å²) in [5.41, 5.74) is 2.32. The van der Waals surface area contributed by atoms with Gasteiger partial charge in [0.05, 0.1) is 4.91 Å². The summed E-state index contributed by atoms with van der Waals surface area (Å²) in [6, 6.07) is 14.4. The van der Waals surface area contributed by atoms with Crippen molar-refractivity contribution in [3.8, 4) is 5.75 Å². The first kappa shape index (κ1) is 24.5. The molecule has 0 aromatic heterocycles. The highest BCUT2D eigenvalue weighted by atomic mass is 32.2. The van der Waals surface area contributed by atoms with Gasteiger partial charge in [-0.3, -0.25) is 24.1 Å². The number of rotatable bonds is 7. The zero-order valence-corrected chi connectivity index (χ0v) is 20.3. The van der Waals surface area contributed by atoms with Crippen LogP contribution in [0.15, 0.2) is 53.4 Å². The fraction of sp³-hybridized carbons (Fsp3) is 0.308. The summed E-state index contributed by atoms with van der Waals surface area (Å²) in [5.74, 6) is -0.628. The van der Waals surface area contributed by atoms with E-state index in [2.05, 4.69) is 5.32 Å². The van der Waals surface area contributed by atoms with E-state index in [1.165, 1.54) is 0 Å². The van der Waals surface area contributed by atoms with E-state index in [1.54, 1.807) is 35.2 Å². The largest absolute Gasteiger partial charge is 0.483 e. The van der Waals surface area contributed by atoms with Crippen molar-refractivity contribution in [1.29, 1.82) is 0 Å². The lowest BCUT2D eigenvalue weighted by Crippen LogP contribution is -2.44. The smallest absolute Gasteiger partial charge is 0.294 e. The summed E-state index contributed by atoms with van der Waals surface area (Å²) in [7, 11) is 0. The molecule has 0 bridgehead atoms. The normalized spacial score (nSPS) is 17.1. The maximum Gasteiger partial charge on any atom is 0.294 e. The van der Waals surface area contributed by atoms with Crippen LogP contribution < -0.4 is 10.1 Å². The van der Waals surface area contributed by atoms with Gasteiger partial charge in [-0.25, -0.2) is 0 Å². The highest BCUT2D eigenvalue weighted by Gasteiger charge is 2.37. The maximum atomic E-state index is 12.9. The molecule has 4 rings (SSSR count). The number of likely N-dealkylation sites (tertiary alicyclic amines) is 1. The van der Waals surface area contributed by atoms with Gasteiger partial charge in [0.1, 0.15) is 12.3 Å². The van der Waals surface area contributed by atoms with Crippen LogP contribution in [0, 0.1) is 6.92 Å². The first-order valence-corrected chi connectivity index (χ1v) is 12.3. The number of para-hydroxylation sites is 1. The van der Waals surface area contributed by atoms with Crippen molar-refractivity contribution in [3.05, 3.63) is 64.6 Å². The number of hydrogen-bond donors (Lipinski definition) is 1. The van der Waals surface area contributed by atoms with Crippen molar-refractivity contribution in [2.24, 2.45) is 0 Å². The fourth-order valence-corrected chi connectivity index (χ4v) is 4.69. The molecule has 0 spiro atoms. The van der Waals surface area contributed by atoms with Gasteiger partial charge < -0.3 is 15.0 Å². The van der Waals surface area contributed by atoms with Crippen LogP contribution in [0.1, 0.15) is 30.4 Å². The number of aryl methyl sites for hydroxylation is 1. The number of hydrogen-bond acceptors (Lipinski definition) is 6. The topological polar surface area (TPSA) is 96.0 Å². The van der Waals surface area contributed by atoms with Crippen LogP contribution in [-0.4, -0.2) is 59.0 Å². The quantitative estimate of drug-likeness (QED) is 0.585. The summed E-state index contributed by atoms with van der Waals surface area (Å²) in [6.45, 7) is 2.82. The van der Waals surface area contributed by atoms with Crippen molar-refractivity contribution in [2.45, 2.75) is 26.2 Å². The lowest BCUT2D eigenvalue weighted by atomic mass is 10.1. The molecule has 182 valence electrons. The van der Waals surface area contributed by atoms with Gasteiger partial charge in [0.2, 0.25) is 5.91 Å². The number of carbonyl (C=O) groups is 4. The number of imide groups is 1. The molecule has 1 N–H and O–H groups in total. The molecule has 4 amide bonds. The van der Waals surface area contributed by atoms with E-state index in [0.29, 0.717) is 30.1 Å². The van der Waals surface area contributed by atoms with Crippen LogP contribution in [0.3, 0.4) is 0 Å². The van der Waals surface area contributed by atoms with Crippen LogP contribution >= 0.6 is 11.8 Å². The summed E-state index contributed by atoms with van der Waals surface area (Å²) in [4.78, 5) is 53.1. The number of anilines is 1. The minimum Gasteiger partial charge on any atom is -0.483 e. The minimum atomic E-state index is -0.503. The Balaban J connectivity index is 1.39. The number of carbonyl (C=O) groups excluding carboxylic acids is 4. The molecule has 2 aliphatic heterocycles. The van der Waals surface area contributed by atoms with E-state index < -0.39 is 11.1 Å². The number of thioether (sulfide) groups is 1. The van der Waals surface area contributed by atoms with Gasteiger partial charge in [0, 0.05) is 24.3 Å². The Morgan fingerprint density at radius 1 is 1.03 bits per heavy atom. The Labute approximate surface area is 208 Å². The van der Waals surface area contributed by atoms with Crippen LogP contribution in [0.25, 0.3) is 6.08 Å². The molecule has 0 radical (unpaired) electrons. The molecule has 0 atom stereocenters. The van der Waals surface area contributed by atoms with Crippen LogP contribution in [0.2, 0.25) is 0 Å². The predicted octanol–water partition coefficient (Wildman–Crippen LogP) is 4.06. The van der Waals surface area contributed by atoms with E-state index in [-0.39, 0.29) is 29.9 Å². The van der Waals surface area contributed by atoms with E-state index in [9.17, 15) is 19.2 Å². The Hall–Kier alpha value is -3.59. The monoisotopic (exact) mass is 493 g/mol. The molecule has 0 unspecified atom stereocenters. The molecular weight excluding hydrogens is 466 g/mol. The van der Waals surface area contributed by atoms with Crippen molar-refractivity contribution in [1.82, 2.24) is 9.80 Å². The van der Waals surface area contributed by atoms with Gasteiger partial charge in [-0.05, 0) is 62.2 Å². The second kappa shape index (κ2) is 11.2. The summed E-state index contributed by atoms with van der Waals surface area (Å²) < 4.78 is 5.70. The molecule has 2 heterocycles. The van der Waals surface area contributed by atoms with Crippen molar-refractivity contribution in [2.75, 3.05) is 31.6 Å². The number of benzene rings is 2. The SMILES string of the molecule is Cc1ccc(NC(=O)COc2ccccc2/C=C2\SC(=O)N(CC(=O)N3CCCCC3)C2=O)cc1. The third-order valence-corrected chi connectivity index (χ3v) is 6.68. The molecule has 9 heteroatoms. The average molecular weight is 494 g/mol. The molecular formula is C26H27N3O5S. The van der Waals surface area contributed by atoms with Gasteiger partial charge in [-0.1, -0.05) is 35.9 Å². The van der Waals surface area contributed by atoms with Gasteiger partial charge in [0.15, 0.2) is 6.61 Å². The zero-order valence-electron chi connectivity index (χ0n) is 19.5. The number of ether oxygens (including phenoxy) is 1. The number of amides is 4. The predicted molar refractivity (Wildman–Crippen MR) is 135 cm³/mol. The van der Waals surface area contributed by atoms with E-state index in [1.807, 2.05) is 31.2 Å². The summed E-state index contributed by atoms with van der Waals surface area (Å²) in [5, 5.41) is 2.30. The van der Waals surface area contributed by atoms with Gasteiger partial charge in [0.25, 0.3) is 17.1 Å². The Morgan fingerprint density at radius 2 is 1.74 bits per heavy atom. The minimum absolute atomic E-state index is 0.210. The van der Waals surface area contributed by atoms with E-state index in [4.69, 9.17) is 4.74 Å². The highest BCUT2D eigenvalue weighted by Crippen LogP contribution is 2.34. The average Bonchev–Trinajstić information content (AvgIpc) is 3.12. The third kappa shape index (κ3) is 6.30. The third-order valence-electron chi connectivity index (χ3n) is 5.78. The lowest BCUT2D eigenvalue weighted by Gasteiger charge is -2.27. The number of piperidine rings is 1. The molecule has 2 aromatic rings. The first-order valence-electron chi connectivity index (χ1n) is 11.5. The maximum absolute atomic E-state index is 12.9. The van der Waals surface area contributed by atoms with Crippen LogP contribution in [-0.2, 0) is 14.4 Å². The molecule has 8 nitrogen and oxygen atoms in total. The summed E-state index contributed by atoms with van der Waals surface area (Å²) in [6.07, 6.45) is 4.52. The molecule has 2 fully saturated rings. The van der Waals surface area contributed by atoms with Gasteiger partial charge in [-0.15, -0.1) is 0 Å². The molecule has 2 aliphatic rings. The molecule has 0 saturated carbocycles. The second-order valence-electron chi connectivity index (χ2n) is 8.45. The molecule has 35 heavy (non-hydrogen) atoms. The van der Waals surface area contributed by atoms with Crippen LogP contribution in [0.5, 0.6) is 5.75 Å². The Morgan fingerprint density at radius 3 is 2.49 bits per heavy atom. The highest BCUT2D eigenvalue weighted by molar-refractivity contribution is 8.18. The van der Waals surface area contributed by atoms with E-state index >= 15 is 0 Å². The van der Waals surface area contributed by atoms with Crippen LogP contribution in [0.4, 0.5) is 10.5 Å². The molecule has 2 saturated heterocycles. The summed E-state index contributed by atoms with van der Waals surface area (Å²) >= 11 is 0.794. The molecule has 2 aromatic carbocycles.